The van der Waals surface area contributed by atoms with Gasteiger partial charge in [0.2, 0.25) is 0 Å². The maximum atomic E-state index is 12.5. The molecule has 1 aromatic carbocycles. The number of alkyl halides is 6. The lowest BCUT2D eigenvalue weighted by atomic mass is 10.0. The molecule has 90 valence electrons. The van der Waals surface area contributed by atoms with Crippen LogP contribution in [0.1, 0.15) is 16.7 Å². The number of hydrogen-bond acceptors (Lipinski definition) is 0. The van der Waals surface area contributed by atoms with Crippen molar-refractivity contribution in [2.45, 2.75) is 19.3 Å². The van der Waals surface area contributed by atoms with Gasteiger partial charge in [-0.3, -0.25) is 0 Å². The first kappa shape index (κ1) is 13.6. The molecule has 0 saturated heterocycles. The van der Waals surface area contributed by atoms with Gasteiger partial charge in [0.25, 0.3) is 0 Å². The molecule has 0 nitrogen and oxygen atoms in total. The van der Waals surface area contributed by atoms with Crippen molar-refractivity contribution in [3.63, 3.8) is 0 Å². The Labute approximate surface area is 101 Å². The van der Waals surface area contributed by atoms with Gasteiger partial charge >= 0.3 is 12.4 Å². The molecule has 0 bridgehead atoms. The van der Waals surface area contributed by atoms with Crippen LogP contribution in [0.15, 0.2) is 12.1 Å². The number of benzene rings is 1. The van der Waals surface area contributed by atoms with Crippen LogP contribution in [-0.4, -0.2) is 0 Å². The third kappa shape index (κ3) is 2.61. The third-order valence-corrected chi connectivity index (χ3v) is 2.83. The second kappa shape index (κ2) is 4.08. The van der Waals surface area contributed by atoms with Gasteiger partial charge in [-0.1, -0.05) is 6.07 Å². The summed E-state index contributed by atoms with van der Waals surface area (Å²) in [5.74, 6) is 0. The zero-order valence-electron chi connectivity index (χ0n) is 7.80. The predicted molar refractivity (Wildman–Crippen MR) is 53.9 cm³/mol. The second-order valence-corrected chi connectivity index (χ2v) is 4.27. The Balaban J connectivity index is 3.64. The van der Waals surface area contributed by atoms with Gasteiger partial charge in [-0.2, -0.15) is 26.3 Å². The van der Waals surface area contributed by atoms with Gasteiger partial charge in [0, 0.05) is 3.57 Å². The highest BCUT2D eigenvalue weighted by Gasteiger charge is 2.45. The van der Waals surface area contributed by atoms with Crippen molar-refractivity contribution in [2.24, 2.45) is 0 Å². The quantitative estimate of drug-likeness (QED) is 0.471. The fourth-order valence-electron chi connectivity index (χ4n) is 1.32. The summed E-state index contributed by atoms with van der Waals surface area (Å²) in [5.41, 5.74) is -3.65. The van der Waals surface area contributed by atoms with Gasteiger partial charge in [-0.25, -0.2) is 0 Å². The lowest BCUT2D eigenvalue weighted by molar-refractivity contribution is -0.162. The summed E-state index contributed by atoms with van der Waals surface area (Å²) >= 11 is 1.25. The molecular weight excluding hydrogens is 349 g/mol. The zero-order valence-corrected chi connectivity index (χ0v) is 9.96. The highest BCUT2D eigenvalue weighted by molar-refractivity contribution is 14.1. The Morgan fingerprint density at radius 1 is 0.875 bits per heavy atom. The minimum atomic E-state index is -5.01. The van der Waals surface area contributed by atoms with E-state index in [1.165, 1.54) is 22.6 Å². The standard InChI is InChI=1S/C9H5F6I/c1-4-2-3-5(16)7(9(13,14)15)6(4)8(10,11)12/h2-3H,1H3. The van der Waals surface area contributed by atoms with E-state index in [1.807, 2.05) is 0 Å². The van der Waals surface area contributed by atoms with Crippen LogP contribution in [0.25, 0.3) is 0 Å². The van der Waals surface area contributed by atoms with Crippen molar-refractivity contribution in [1.29, 1.82) is 0 Å². The number of aryl methyl sites for hydroxylation is 1. The Hall–Kier alpha value is -0.470. The predicted octanol–water partition coefficient (Wildman–Crippen LogP) is 4.64. The molecular formula is C9H5F6I. The van der Waals surface area contributed by atoms with Crippen LogP contribution in [0, 0.1) is 10.5 Å². The number of halogens is 7. The Kier molecular flexibility index (Phi) is 3.47. The molecule has 16 heavy (non-hydrogen) atoms. The van der Waals surface area contributed by atoms with Crippen molar-refractivity contribution in [3.05, 3.63) is 32.4 Å². The van der Waals surface area contributed by atoms with E-state index in [-0.39, 0.29) is 0 Å². The molecule has 0 amide bonds. The molecule has 0 aliphatic heterocycles. The smallest absolute Gasteiger partial charge is 0.166 e. The van der Waals surface area contributed by atoms with E-state index in [0.29, 0.717) is 0 Å². The molecule has 0 unspecified atom stereocenters. The summed E-state index contributed by atoms with van der Waals surface area (Å²) in [5, 5.41) is 0. The van der Waals surface area contributed by atoms with Gasteiger partial charge in [0.1, 0.15) is 0 Å². The monoisotopic (exact) mass is 354 g/mol. The van der Waals surface area contributed by atoms with Crippen LogP contribution in [0.3, 0.4) is 0 Å². The summed E-state index contributed by atoms with van der Waals surface area (Å²) in [6, 6.07) is 2.05. The van der Waals surface area contributed by atoms with Crippen LogP contribution in [0.2, 0.25) is 0 Å². The molecule has 1 rings (SSSR count). The average Bonchev–Trinajstić information content (AvgIpc) is 2.04. The maximum absolute atomic E-state index is 12.5. The van der Waals surface area contributed by atoms with Crippen LogP contribution < -0.4 is 0 Å². The zero-order chi connectivity index (χ0) is 12.7. The Morgan fingerprint density at radius 3 is 1.62 bits per heavy atom. The normalized spacial score (nSPS) is 13.0. The first-order chi connectivity index (χ1) is 7.05. The van der Waals surface area contributed by atoms with Crippen LogP contribution in [0.5, 0.6) is 0 Å². The molecule has 0 aliphatic carbocycles. The highest BCUT2D eigenvalue weighted by atomic mass is 127. The molecule has 0 N–H and O–H groups in total. The molecule has 7 heteroatoms. The molecule has 0 aromatic heterocycles. The van der Waals surface area contributed by atoms with E-state index in [1.54, 1.807) is 0 Å². The van der Waals surface area contributed by atoms with Crippen LogP contribution >= 0.6 is 22.6 Å². The van der Waals surface area contributed by atoms with Crippen molar-refractivity contribution in [3.8, 4) is 0 Å². The first-order valence-corrected chi connectivity index (χ1v) is 5.06. The van der Waals surface area contributed by atoms with Gasteiger partial charge in [0.05, 0.1) is 11.1 Å². The summed E-state index contributed by atoms with van der Waals surface area (Å²) in [7, 11) is 0. The van der Waals surface area contributed by atoms with Crippen molar-refractivity contribution in [1.82, 2.24) is 0 Å². The minimum absolute atomic E-state index is 0.430. The second-order valence-electron chi connectivity index (χ2n) is 3.11. The van der Waals surface area contributed by atoms with E-state index < -0.39 is 32.6 Å². The van der Waals surface area contributed by atoms with Crippen molar-refractivity contribution in [2.75, 3.05) is 0 Å². The Morgan fingerprint density at radius 2 is 1.31 bits per heavy atom. The van der Waals surface area contributed by atoms with Gasteiger partial charge in [-0.15, -0.1) is 0 Å². The Bertz CT molecular complexity index is 365. The molecule has 0 spiro atoms. The largest absolute Gasteiger partial charge is 0.418 e. The maximum Gasteiger partial charge on any atom is 0.418 e. The molecule has 0 heterocycles. The van der Waals surface area contributed by atoms with Gasteiger partial charge in [-0.05, 0) is 41.1 Å². The van der Waals surface area contributed by atoms with E-state index in [9.17, 15) is 26.3 Å². The van der Waals surface area contributed by atoms with Crippen molar-refractivity contribution < 1.29 is 26.3 Å². The lowest BCUT2D eigenvalue weighted by Gasteiger charge is -2.18. The summed E-state index contributed by atoms with van der Waals surface area (Å²) in [6.45, 7) is 1.01. The van der Waals surface area contributed by atoms with Crippen LogP contribution in [0.4, 0.5) is 26.3 Å². The fraction of sp³-hybridized carbons (Fsp3) is 0.333. The topological polar surface area (TPSA) is 0 Å². The molecule has 0 fully saturated rings. The van der Waals surface area contributed by atoms with E-state index in [0.717, 1.165) is 19.1 Å². The molecule has 0 atom stereocenters. The third-order valence-electron chi connectivity index (χ3n) is 1.93. The summed E-state index contributed by atoms with van der Waals surface area (Å²) in [4.78, 5) is 0. The summed E-state index contributed by atoms with van der Waals surface area (Å²) in [6.07, 6.45) is -10.0. The highest BCUT2D eigenvalue weighted by Crippen LogP contribution is 2.43. The number of hydrogen-bond donors (Lipinski definition) is 0. The molecule has 0 radical (unpaired) electrons. The first-order valence-electron chi connectivity index (χ1n) is 3.98. The van der Waals surface area contributed by atoms with Crippen LogP contribution in [-0.2, 0) is 12.4 Å². The molecule has 0 aliphatic rings. The van der Waals surface area contributed by atoms with E-state index >= 15 is 0 Å². The van der Waals surface area contributed by atoms with Gasteiger partial charge < -0.3 is 0 Å². The van der Waals surface area contributed by atoms with Gasteiger partial charge in [0.15, 0.2) is 0 Å². The summed E-state index contributed by atoms with van der Waals surface area (Å²) < 4.78 is 74.6. The van der Waals surface area contributed by atoms with E-state index in [2.05, 4.69) is 0 Å². The fourth-order valence-corrected chi connectivity index (χ4v) is 2.08. The number of rotatable bonds is 0. The SMILES string of the molecule is Cc1ccc(I)c(C(F)(F)F)c1C(F)(F)F. The molecule has 1 aromatic rings. The van der Waals surface area contributed by atoms with Crippen molar-refractivity contribution >= 4 is 22.6 Å². The molecule has 0 saturated carbocycles. The average molecular weight is 354 g/mol. The minimum Gasteiger partial charge on any atom is -0.166 e. The lowest BCUT2D eigenvalue weighted by Crippen LogP contribution is -2.19. The van der Waals surface area contributed by atoms with E-state index in [4.69, 9.17) is 0 Å².